The van der Waals surface area contributed by atoms with Crippen LogP contribution in [0, 0.1) is 0 Å². The highest BCUT2D eigenvalue weighted by Gasteiger charge is 2.91. The van der Waals surface area contributed by atoms with Gasteiger partial charge in [0.25, 0.3) is 0 Å². The predicted molar refractivity (Wildman–Crippen MR) is 62.3 cm³/mol. The van der Waals surface area contributed by atoms with Gasteiger partial charge in [-0.15, -0.1) is 0 Å². The van der Waals surface area contributed by atoms with E-state index in [0.29, 0.717) is 12.1 Å². The second kappa shape index (κ2) is 6.22. The van der Waals surface area contributed by atoms with Crippen molar-refractivity contribution in [3.63, 3.8) is 0 Å². The third-order valence-electron chi connectivity index (χ3n) is 3.01. The van der Waals surface area contributed by atoms with E-state index >= 15 is 0 Å². The van der Waals surface area contributed by atoms with Crippen LogP contribution in [0.3, 0.4) is 0 Å². The molecule has 0 saturated heterocycles. The molecule has 0 amide bonds. The van der Waals surface area contributed by atoms with Gasteiger partial charge in [-0.1, -0.05) is 6.07 Å². The molecule has 0 fully saturated rings. The fourth-order valence-electron chi connectivity index (χ4n) is 1.55. The Morgan fingerprint density at radius 2 is 1.07 bits per heavy atom. The van der Waals surface area contributed by atoms with E-state index in [1.807, 2.05) is 0 Å². The highest BCUT2D eigenvalue weighted by molar-refractivity contribution is 5.43. The number of anilines is 1. The monoisotopic (exact) mass is 427 g/mol. The van der Waals surface area contributed by atoms with Crippen LogP contribution < -0.4 is 10.5 Å². The number of alkyl halides is 13. The third-order valence-corrected chi connectivity index (χ3v) is 3.01. The van der Waals surface area contributed by atoms with Crippen molar-refractivity contribution >= 4 is 5.69 Å². The summed E-state index contributed by atoms with van der Waals surface area (Å²) >= 11 is 0. The van der Waals surface area contributed by atoms with Crippen molar-refractivity contribution < 1.29 is 61.8 Å². The van der Waals surface area contributed by atoms with Crippen molar-refractivity contribution in [3.05, 3.63) is 24.3 Å². The van der Waals surface area contributed by atoms with E-state index in [4.69, 9.17) is 5.73 Å². The SMILES string of the molecule is Nc1cccc(OC(F)(F)C(F)(F)C(F)(F)C(F)(F)C(F)(F)C(F)(F)F)c1. The number of halogens is 13. The summed E-state index contributed by atoms with van der Waals surface area (Å²) in [6, 6.07) is 2.49. The van der Waals surface area contributed by atoms with Crippen LogP contribution in [0.4, 0.5) is 62.8 Å². The standard InChI is InChI=1S/C12H6F13NO/c13-7(14,9(17,18)11(21,22)23)8(15,16)10(19,20)12(24,25)27-6-3-1-2-5(26)4-6/h1-4H,26H2. The summed E-state index contributed by atoms with van der Waals surface area (Å²) in [7, 11) is 0. The zero-order valence-corrected chi connectivity index (χ0v) is 12.2. The average molecular weight is 427 g/mol. The molecule has 0 unspecified atom stereocenters. The van der Waals surface area contributed by atoms with E-state index in [1.165, 1.54) is 0 Å². The molecule has 1 rings (SSSR count). The van der Waals surface area contributed by atoms with Crippen molar-refractivity contribution in [1.29, 1.82) is 0 Å². The van der Waals surface area contributed by atoms with Crippen molar-refractivity contribution in [2.75, 3.05) is 5.73 Å². The number of hydrogen-bond donors (Lipinski definition) is 1. The molecule has 0 heterocycles. The highest BCUT2D eigenvalue weighted by atomic mass is 19.4. The van der Waals surface area contributed by atoms with Crippen molar-refractivity contribution in [2.24, 2.45) is 0 Å². The van der Waals surface area contributed by atoms with Crippen molar-refractivity contribution in [2.45, 2.75) is 36.0 Å². The maximum atomic E-state index is 13.4. The Morgan fingerprint density at radius 3 is 1.48 bits per heavy atom. The third kappa shape index (κ3) is 3.42. The lowest BCUT2D eigenvalue weighted by Gasteiger charge is -2.39. The molecule has 0 atom stereocenters. The molecule has 27 heavy (non-hydrogen) atoms. The molecule has 0 aliphatic heterocycles. The second-order valence-corrected chi connectivity index (χ2v) is 4.99. The Hall–Kier alpha value is -2.09. The van der Waals surface area contributed by atoms with E-state index in [1.54, 1.807) is 0 Å². The number of nitrogen functional groups attached to an aromatic ring is 1. The van der Waals surface area contributed by atoms with Gasteiger partial charge in [-0.25, -0.2) is 0 Å². The van der Waals surface area contributed by atoms with Crippen molar-refractivity contribution in [3.8, 4) is 5.75 Å². The molecule has 156 valence electrons. The smallest absolute Gasteiger partial charge is 0.428 e. The first-order valence-electron chi connectivity index (χ1n) is 6.23. The van der Waals surface area contributed by atoms with Crippen LogP contribution in [0.25, 0.3) is 0 Å². The summed E-state index contributed by atoms with van der Waals surface area (Å²) in [4.78, 5) is 0. The van der Waals surface area contributed by atoms with E-state index in [-0.39, 0.29) is 0 Å². The summed E-state index contributed by atoms with van der Waals surface area (Å²) in [6.45, 7) is 0. The molecule has 0 saturated carbocycles. The maximum Gasteiger partial charge on any atom is 0.471 e. The fourth-order valence-corrected chi connectivity index (χ4v) is 1.55. The molecule has 15 heteroatoms. The Kier molecular flexibility index (Phi) is 5.29. The molecular formula is C12H6F13NO. The Balaban J connectivity index is 3.40. The van der Waals surface area contributed by atoms with E-state index < -0.39 is 47.4 Å². The van der Waals surface area contributed by atoms with Crippen LogP contribution in [-0.4, -0.2) is 36.0 Å². The van der Waals surface area contributed by atoms with Crippen LogP contribution >= 0.6 is 0 Å². The lowest BCUT2D eigenvalue weighted by molar-refractivity contribution is -0.456. The van der Waals surface area contributed by atoms with Gasteiger partial charge in [-0.2, -0.15) is 57.1 Å². The normalized spacial score (nSPS) is 15.0. The molecule has 2 nitrogen and oxygen atoms in total. The average Bonchev–Trinajstić information content (AvgIpc) is 2.44. The van der Waals surface area contributed by atoms with E-state index in [2.05, 4.69) is 4.74 Å². The number of rotatable bonds is 6. The summed E-state index contributed by atoms with van der Waals surface area (Å²) in [6.07, 6.45) is -14.1. The van der Waals surface area contributed by atoms with Crippen LogP contribution in [0.15, 0.2) is 24.3 Å². The predicted octanol–water partition coefficient (Wildman–Crippen LogP) is 5.34. The maximum absolute atomic E-state index is 13.4. The number of hydrogen-bond acceptors (Lipinski definition) is 2. The van der Waals surface area contributed by atoms with Gasteiger partial charge in [0.05, 0.1) is 0 Å². The lowest BCUT2D eigenvalue weighted by Crippen LogP contribution is -2.70. The van der Waals surface area contributed by atoms with Gasteiger partial charge in [0.2, 0.25) is 0 Å². The number of nitrogens with two attached hydrogens (primary N) is 1. The summed E-state index contributed by atoms with van der Waals surface area (Å²) in [5.41, 5.74) is 4.59. The van der Waals surface area contributed by atoms with Gasteiger partial charge in [0.1, 0.15) is 5.75 Å². The van der Waals surface area contributed by atoms with Crippen LogP contribution in [0.2, 0.25) is 0 Å². The molecule has 0 aromatic heterocycles. The van der Waals surface area contributed by atoms with Gasteiger partial charge in [0, 0.05) is 11.8 Å². The zero-order valence-electron chi connectivity index (χ0n) is 12.2. The molecular weight excluding hydrogens is 421 g/mol. The molecule has 1 aromatic rings. The molecule has 0 radical (unpaired) electrons. The zero-order chi connectivity index (χ0) is 21.7. The minimum Gasteiger partial charge on any atom is -0.428 e. The summed E-state index contributed by atoms with van der Waals surface area (Å²) in [5, 5.41) is 0. The number of benzene rings is 1. The molecule has 0 bridgehead atoms. The highest BCUT2D eigenvalue weighted by Crippen LogP contribution is 2.60. The summed E-state index contributed by atoms with van der Waals surface area (Å²) in [5.74, 6) is -32.5. The minimum absolute atomic E-state index is 0.338. The molecule has 0 aliphatic rings. The molecule has 2 N–H and O–H groups in total. The Labute approximate surface area is 140 Å². The van der Waals surface area contributed by atoms with Gasteiger partial charge in [0.15, 0.2) is 0 Å². The first-order chi connectivity index (χ1) is 11.7. The quantitative estimate of drug-likeness (QED) is 0.491. The topological polar surface area (TPSA) is 35.2 Å². The van der Waals surface area contributed by atoms with Crippen LogP contribution in [0.1, 0.15) is 0 Å². The number of ether oxygens (including phenoxy) is 1. The fraction of sp³-hybridized carbons (Fsp3) is 0.500. The van der Waals surface area contributed by atoms with Gasteiger partial charge in [-0.05, 0) is 12.1 Å². The molecule has 0 spiro atoms. The van der Waals surface area contributed by atoms with Gasteiger partial charge >= 0.3 is 36.0 Å². The second-order valence-electron chi connectivity index (χ2n) is 4.99. The van der Waals surface area contributed by atoms with E-state index in [0.717, 1.165) is 12.1 Å². The van der Waals surface area contributed by atoms with Gasteiger partial charge < -0.3 is 10.5 Å². The van der Waals surface area contributed by atoms with Crippen LogP contribution in [0.5, 0.6) is 5.75 Å². The van der Waals surface area contributed by atoms with Crippen molar-refractivity contribution in [1.82, 2.24) is 0 Å². The largest absolute Gasteiger partial charge is 0.471 e. The Morgan fingerprint density at radius 1 is 0.630 bits per heavy atom. The lowest BCUT2D eigenvalue weighted by atomic mass is 9.97. The van der Waals surface area contributed by atoms with Crippen LogP contribution in [-0.2, 0) is 0 Å². The minimum atomic E-state index is -7.97. The summed E-state index contributed by atoms with van der Waals surface area (Å²) < 4.78 is 170. The van der Waals surface area contributed by atoms with E-state index in [9.17, 15) is 57.1 Å². The molecule has 1 aromatic carbocycles. The molecule has 0 aliphatic carbocycles. The first kappa shape index (κ1) is 23.0. The Bertz CT molecular complexity index is 682. The first-order valence-corrected chi connectivity index (χ1v) is 6.23. The van der Waals surface area contributed by atoms with Gasteiger partial charge in [-0.3, -0.25) is 0 Å².